The fourth-order valence-corrected chi connectivity index (χ4v) is 4.40. The second-order valence-electron chi connectivity index (χ2n) is 7.92. The Kier molecular flexibility index (Phi) is 4.32. The monoisotopic (exact) mass is 370 g/mol. The number of nitrogens with zero attached hydrogens (tertiary/aromatic N) is 4. The lowest BCUT2D eigenvalue weighted by Crippen LogP contribution is -2.47. The number of amides is 1. The molecule has 0 unspecified atom stereocenters. The highest BCUT2D eigenvalue weighted by Crippen LogP contribution is 2.24. The summed E-state index contributed by atoms with van der Waals surface area (Å²) in [5.41, 5.74) is 1.71. The maximum atomic E-state index is 13.1. The molecular weight excluding hydrogens is 344 g/mol. The van der Waals surface area contributed by atoms with Gasteiger partial charge in [0.15, 0.2) is 5.58 Å². The summed E-state index contributed by atoms with van der Waals surface area (Å²) in [7, 11) is 0. The SMILES string of the molecule is CCc1nn([C@H](C)C(=O)N2C[C@@H](C)C[C@H](C)C2)c(=O)c2cc3occc3n12. The van der Waals surface area contributed by atoms with Crippen LogP contribution in [-0.2, 0) is 11.2 Å². The number of hydrogen-bond donors (Lipinski definition) is 0. The summed E-state index contributed by atoms with van der Waals surface area (Å²) in [4.78, 5) is 28.1. The highest BCUT2D eigenvalue weighted by atomic mass is 16.3. The lowest BCUT2D eigenvalue weighted by Gasteiger charge is -2.36. The van der Waals surface area contributed by atoms with Crippen LogP contribution in [-0.4, -0.2) is 38.1 Å². The number of aryl methyl sites for hydroxylation is 1. The first-order valence-corrected chi connectivity index (χ1v) is 9.69. The van der Waals surface area contributed by atoms with Crippen molar-refractivity contribution >= 4 is 22.5 Å². The molecule has 4 rings (SSSR count). The molecule has 144 valence electrons. The van der Waals surface area contributed by atoms with E-state index in [0.29, 0.717) is 29.4 Å². The minimum Gasteiger partial charge on any atom is -0.463 e. The molecule has 0 spiro atoms. The summed E-state index contributed by atoms with van der Waals surface area (Å²) in [5, 5.41) is 4.55. The number of furan rings is 1. The summed E-state index contributed by atoms with van der Waals surface area (Å²) >= 11 is 0. The normalized spacial score (nSPS) is 21.9. The summed E-state index contributed by atoms with van der Waals surface area (Å²) in [6.07, 6.45) is 3.38. The molecule has 1 aliphatic heterocycles. The number of aromatic nitrogens is 3. The molecular formula is C20H26N4O3. The van der Waals surface area contributed by atoms with Gasteiger partial charge < -0.3 is 9.32 Å². The standard InChI is InChI=1S/C20H26N4O3/c1-5-18-21-24(14(4)19(25)22-10-12(2)8-13(3)11-22)20(26)16-9-17-15(23(16)18)6-7-27-17/h6-7,9,12-14H,5,8,10-11H2,1-4H3/t12-,13-,14+/m0/s1. The molecule has 1 amide bonds. The third-order valence-electron chi connectivity index (χ3n) is 5.55. The van der Waals surface area contributed by atoms with E-state index >= 15 is 0 Å². The van der Waals surface area contributed by atoms with Crippen LogP contribution >= 0.6 is 0 Å². The van der Waals surface area contributed by atoms with Gasteiger partial charge in [-0.2, -0.15) is 5.10 Å². The summed E-state index contributed by atoms with van der Waals surface area (Å²) in [5.74, 6) is 1.65. The number of carbonyl (C=O) groups is 1. The third-order valence-corrected chi connectivity index (χ3v) is 5.55. The molecule has 0 radical (unpaired) electrons. The van der Waals surface area contributed by atoms with Gasteiger partial charge in [0, 0.05) is 31.6 Å². The molecule has 0 aliphatic carbocycles. The average Bonchev–Trinajstić information content (AvgIpc) is 3.22. The van der Waals surface area contributed by atoms with Crippen molar-refractivity contribution < 1.29 is 9.21 Å². The Morgan fingerprint density at radius 2 is 2.00 bits per heavy atom. The summed E-state index contributed by atoms with van der Waals surface area (Å²) in [6, 6.07) is 2.93. The van der Waals surface area contributed by atoms with Gasteiger partial charge in [-0.05, 0) is 25.2 Å². The van der Waals surface area contributed by atoms with Gasteiger partial charge in [-0.15, -0.1) is 0 Å². The van der Waals surface area contributed by atoms with Crippen LogP contribution in [0.4, 0.5) is 0 Å². The van der Waals surface area contributed by atoms with Crippen molar-refractivity contribution in [1.29, 1.82) is 0 Å². The van der Waals surface area contributed by atoms with E-state index in [9.17, 15) is 9.59 Å². The molecule has 1 fully saturated rings. The minimum atomic E-state index is -0.633. The second-order valence-corrected chi connectivity index (χ2v) is 7.92. The Labute approximate surface area is 157 Å². The molecule has 0 N–H and O–H groups in total. The number of piperidine rings is 1. The first kappa shape index (κ1) is 17.8. The van der Waals surface area contributed by atoms with E-state index in [1.807, 2.05) is 22.3 Å². The zero-order chi connectivity index (χ0) is 19.3. The van der Waals surface area contributed by atoms with Gasteiger partial charge in [-0.25, -0.2) is 4.68 Å². The van der Waals surface area contributed by atoms with E-state index in [2.05, 4.69) is 18.9 Å². The molecule has 1 saturated heterocycles. The fraction of sp³-hybridized carbons (Fsp3) is 0.550. The molecule has 4 heterocycles. The summed E-state index contributed by atoms with van der Waals surface area (Å²) in [6.45, 7) is 9.57. The van der Waals surface area contributed by atoms with Crippen LogP contribution in [0.3, 0.4) is 0 Å². The van der Waals surface area contributed by atoms with Gasteiger partial charge in [-0.3, -0.25) is 14.0 Å². The highest BCUT2D eigenvalue weighted by Gasteiger charge is 2.30. The van der Waals surface area contributed by atoms with Crippen molar-refractivity contribution in [3.63, 3.8) is 0 Å². The van der Waals surface area contributed by atoms with Crippen molar-refractivity contribution in [1.82, 2.24) is 19.1 Å². The maximum Gasteiger partial charge on any atom is 0.291 e. The average molecular weight is 370 g/mol. The number of rotatable bonds is 3. The van der Waals surface area contributed by atoms with Gasteiger partial charge in [0.25, 0.3) is 5.56 Å². The predicted molar refractivity (Wildman–Crippen MR) is 103 cm³/mol. The molecule has 7 heteroatoms. The minimum absolute atomic E-state index is 0.0374. The van der Waals surface area contributed by atoms with Crippen LogP contribution < -0.4 is 5.56 Å². The van der Waals surface area contributed by atoms with E-state index in [1.54, 1.807) is 19.3 Å². The van der Waals surface area contributed by atoms with Gasteiger partial charge in [0.05, 0.1) is 11.8 Å². The topological polar surface area (TPSA) is 72.8 Å². The van der Waals surface area contributed by atoms with Crippen LogP contribution in [0, 0.1) is 11.8 Å². The van der Waals surface area contributed by atoms with Crippen LogP contribution in [0.15, 0.2) is 27.6 Å². The van der Waals surface area contributed by atoms with Gasteiger partial charge in [0.2, 0.25) is 5.91 Å². The quantitative estimate of drug-likeness (QED) is 0.711. The molecule has 1 aliphatic rings. The predicted octanol–water partition coefficient (Wildman–Crippen LogP) is 2.87. The van der Waals surface area contributed by atoms with Crippen LogP contribution in [0.5, 0.6) is 0 Å². The third kappa shape index (κ3) is 2.85. The Bertz CT molecular complexity index is 1050. The lowest BCUT2D eigenvalue weighted by atomic mass is 9.91. The van der Waals surface area contributed by atoms with E-state index in [0.717, 1.165) is 30.9 Å². The smallest absolute Gasteiger partial charge is 0.291 e. The maximum absolute atomic E-state index is 13.1. The van der Waals surface area contributed by atoms with Crippen molar-refractivity contribution in [2.45, 2.75) is 46.6 Å². The first-order valence-electron chi connectivity index (χ1n) is 9.69. The summed E-state index contributed by atoms with van der Waals surface area (Å²) < 4.78 is 8.63. The van der Waals surface area contributed by atoms with E-state index in [1.165, 1.54) is 4.68 Å². The van der Waals surface area contributed by atoms with E-state index in [-0.39, 0.29) is 11.5 Å². The Morgan fingerprint density at radius 3 is 2.67 bits per heavy atom. The van der Waals surface area contributed by atoms with Crippen LogP contribution in [0.1, 0.15) is 46.0 Å². The van der Waals surface area contributed by atoms with Gasteiger partial charge >= 0.3 is 0 Å². The van der Waals surface area contributed by atoms with Crippen LogP contribution in [0.2, 0.25) is 0 Å². The molecule has 0 bridgehead atoms. The van der Waals surface area contributed by atoms with Gasteiger partial charge in [-0.1, -0.05) is 20.8 Å². The highest BCUT2D eigenvalue weighted by molar-refractivity contribution is 5.83. The van der Waals surface area contributed by atoms with Crippen molar-refractivity contribution in [2.24, 2.45) is 11.8 Å². The number of fused-ring (bicyclic) bond motifs is 3. The zero-order valence-electron chi connectivity index (χ0n) is 16.3. The van der Waals surface area contributed by atoms with Crippen molar-refractivity contribution in [2.75, 3.05) is 13.1 Å². The van der Waals surface area contributed by atoms with Crippen molar-refractivity contribution in [3.05, 3.63) is 34.6 Å². The molecule has 3 aromatic heterocycles. The largest absolute Gasteiger partial charge is 0.463 e. The number of hydrogen-bond acceptors (Lipinski definition) is 4. The molecule has 0 saturated carbocycles. The molecule has 27 heavy (non-hydrogen) atoms. The Hall–Kier alpha value is -2.57. The van der Waals surface area contributed by atoms with Crippen molar-refractivity contribution in [3.8, 4) is 0 Å². The zero-order valence-corrected chi connectivity index (χ0v) is 16.3. The Morgan fingerprint density at radius 1 is 1.30 bits per heavy atom. The second kappa shape index (κ2) is 6.55. The first-order chi connectivity index (χ1) is 12.9. The molecule has 3 aromatic rings. The lowest BCUT2D eigenvalue weighted by molar-refractivity contribution is -0.137. The number of likely N-dealkylation sites (tertiary alicyclic amines) is 1. The fourth-order valence-electron chi connectivity index (χ4n) is 4.40. The van der Waals surface area contributed by atoms with Crippen LogP contribution in [0.25, 0.3) is 16.6 Å². The molecule has 7 nitrogen and oxygen atoms in total. The van der Waals surface area contributed by atoms with Gasteiger partial charge in [0.1, 0.15) is 17.4 Å². The molecule has 3 atom stereocenters. The number of carbonyl (C=O) groups excluding carboxylic acids is 1. The van der Waals surface area contributed by atoms with E-state index in [4.69, 9.17) is 4.42 Å². The Balaban J connectivity index is 1.77. The van der Waals surface area contributed by atoms with E-state index < -0.39 is 6.04 Å². The molecule has 0 aromatic carbocycles.